The third-order valence-electron chi connectivity index (χ3n) is 5.93. The molecule has 1 amide bonds. The molecule has 41 heavy (non-hydrogen) atoms. The molecule has 4 aromatic rings. The first-order valence-corrected chi connectivity index (χ1v) is 13.2. The molecular formula is C28H30ClN9O3. The summed E-state index contributed by atoms with van der Waals surface area (Å²) in [6, 6.07) is 15.5. The molecule has 6 N–H and O–H groups in total. The standard InChI is InChI=1S/C28H30ClN9O3/c1-28(2,3)41-27(40)33-13-8-14-38-24(34-19-12-7-11-18(29)20(19)25(38)39)21(16-9-5-4-6-10-16)35-23-17(15-30)22(31)36-26(32)37-23/h4-7,9-12,21H,8,13-14H2,1-3H3,(H,33,40)(H5,31,32,35,36,37)/t21-/m0/s1. The Morgan fingerprint density at radius 3 is 2.54 bits per heavy atom. The average molecular weight is 576 g/mol. The maximum atomic E-state index is 13.9. The summed E-state index contributed by atoms with van der Waals surface area (Å²) in [7, 11) is 0. The number of aromatic nitrogens is 4. The molecule has 2 aromatic heterocycles. The van der Waals surface area contributed by atoms with Crippen LogP contribution in [0.15, 0.2) is 53.3 Å². The summed E-state index contributed by atoms with van der Waals surface area (Å²) in [4.78, 5) is 38.9. The molecule has 12 nitrogen and oxygen atoms in total. The van der Waals surface area contributed by atoms with E-state index >= 15 is 0 Å². The summed E-state index contributed by atoms with van der Waals surface area (Å²) < 4.78 is 6.79. The van der Waals surface area contributed by atoms with Crippen molar-refractivity contribution < 1.29 is 9.53 Å². The molecule has 0 aliphatic rings. The van der Waals surface area contributed by atoms with Crippen LogP contribution in [-0.4, -0.2) is 37.8 Å². The van der Waals surface area contributed by atoms with Gasteiger partial charge in [-0.25, -0.2) is 9.78 Å². The summed E-state index contributed by atoms with van der Waals surface area (Å²) in [6.45, 7) is 5.74. The van der Waals surface area contributed by atoms with E-state index in [0.717, 1.165) is 5.56 Å². The second-order valence-corrected chi connectivity index (χ2v) is 10.5. The van der Waals surface area contributed by atoms with Gasteiger partial charge in [0, 0.05) is 13.1 Å². The molecular weight excluding hydrogens is 546 g/mol. The van der Waals surface area contributed by atoms with Crippen LogP contribution in [0.3, 0.4) is 0 Å². The largest absolute Gasteiger partial charge is 0.444 e. The van der Waals surface area contributed by atoms with Gasteiger partial charge in [-0.15, -0.1) is 0 Å². The van der Waals surface area contributed by atoms with E-state index in [1.54, 1.807) is 39.0 Å². The van der Waals surface area contributed by atoms with Gasteiger partial charge in [-0.1, -0.05) is 48.0 Å². The monoisotopic (exact) mass is 575 g/mol. The van der Waals surface area contributed by atoms with E-state index in [0.29, 0.717) is 17.8 Å². The van der Waals surface area contributed by atoms with E-state index in [2.05, 4.69) is 20.6 Å². The van der Waals surface area contributed by atoms with Crippen molar-refractivity contribution in [3.05, 3.63) is 80.9 Å². The lowest BCUT2D eigenvalue weighted by Gasteiger charge is -2.24. The number of rotatable bonds is 8. The zero-order valence-electron chi connectivity index (χ0n) is 22.8. The summed E-state index contributed by atoms with van der Waals surface area (Å²) in [6.07, 6.45) is -0.182. The van der Waals surface area contributed by atoms with Crippen molar-refractivity contribution in [2.45, 2.75) is 45.4 Å². The van der Waals surface area contributed by atoms with Gasteiger partial charge in [-0.3, -0.25) is 9.36 Å². The van der Waals surface area contributed by atoms with E-state index in [-0.39, 0.29) is 52.2 Å². The fourth-order valence-electron chi connectivity index (χ4n) is 4.21. The number of nitrogens with one attached hydrogen (secondary N) is 2. The van der Waals surface area contributed by atoms with Crippen LogP contribution < -0.4 is 27.7 Å². The highest BCUT2D eigenvalue weighted by Crippen LogP contribution is 2.29. The molecule has 0 fully saturated rings. The zero-order valence-corrected chi connectivity index (χ0v) is 23.6. The van der Waals surface area contributed by atoms with Gasteiger partial charge in [0.1, 0.15) is 34.9 Å². The fourth-order valence-corrected chi connectivity index (χ4v) is 4.46. The van der Waals surface area contributed by atoms with Crippen molar-refractivity contribution in [2.75, 3.05) is 23.3 Å². The van der Waals surface area contributed by atoms with Gasteiger partial charge >= 0.3 is 6.09 Å². The molecule has 4 rings (SSSR count). The Labute approximate surface area is 241 Å². The first kappa shape index (κ1) is 29.1. The van der Waals surface area contributed by atoms with Gasteiger partial charge in [0.25, 0.3) is 5.56 Å². The van der Waals surface area contributed by atoms with Gasteiger partial charge < -0.3 is 26.8 Å². The molecule has 2 aromatic carbocycles. The Balaban J connectivity index is 1.81. The Morgan fingerprint density at radius 1 is 1.12 bits per heavy atom. The molecule has 1 atom stereocenters. The Bertz CT molecular complexity index is 1680. The highest BCUT2D eigenvalue weighted by Gasteiger charge is 2.25. The third kappa shape index (κ3) is 6.82. The van der Waals surface area contributed by atoms with E-state index < -0.39 is 17.7 Å². The number of hydrogen-bond acceptors (Lipinski definition) is 10. The highest BCUT2D eigenvalue weighted by atomic mass is 35.5. The molecule has 0 radical (unpaired) electrons. The number of alkyl carbamates (subject to hydrolysis) is 1. The van der Waals surface area contributed by atoms with E-state index in [4.69, 9.17) is 32.8 Å². The Hall–Kier alpha value is -4.89. The molecule has 0 unspecified atom stereocenters. The molecule has 0 saturated carbocycles. The van der Waals surface area contributed by atoms with Gasteiger partial charge in [0.2, 0.25) is 5.95 Å². The van der Waals surface area contributed by atoms with Gasteiger partial charge in [-0.2, -0.15) is 15.2 Å². The Kier molecular flexibility index (Phi) is 8.59. The van der Waals surface area contributed by atoms with Crippen LogP contribution >= 0.6 is 11.6 Å². The summed E-state index contributed by atoms with van der Waals surface area (Å²) >= 11 is 6.43. The third-order valence-corrected chi connectivity index (χ3v) is 6.24. The topological polar surface area (TPSA) is 187 Å². The number of anilines is 3. The fraction of sp³-hybridized carbons (Fsp3) is 0.286. The zero-order chi connectivity index (χ0) is 29.7. The SMILES string of the molecule is CC(C)(C)OC(=O)NCCCn1c([C@@H](Nc2nc(N)nc(N)c2C#N)c2ccccc2)nc2cccc(Cl)c2c1=O. The normalized spacial score (nSPS) is 12.0. The lowest BCUT2D eigenvalue weighted by Crippen LogP contribution is -2.34. The first-order chi connectivity index (χ1) is 19.5. The number of nitrogens with two attached hydrogens (primary N) is 2. The predicted octanol–water partition coefficient (Wildman–Crippen LogP) is 3.99. The number of halogens is 1. The number of amides is 1. The molecule has 0 aliphatic carbocycles. The van der Waals surface area contributed by atoms with Crippen LogP contribution in [0.25, 0.3) is 10.9 Å². The second kappa shape index (κ2) is 12.1. The van der Waals surface area contributed by atoms with Crippen molar-refractivity contribution in [1.29, 1.82) is 5.26 Å². The molecule has 13 heteroatoms. The number of nitrogens with zero attached hydrogens (tertiary/aromatic N) is 5. The van der Waals surface area contributed by atoms with Crippen LogP contribution in [0.1, 0.15) is 50.2 Å². The minimum atomic E-state index is -0.771. The van der Waals surface area contributed by atoms with E-state index in [1.165, 1.54) is 4.57 Å². The summed E-state index contributed by atoms with van der Waals surface area (Å²) in [5.74, 6) is 0.204. The maximum Gasteiger partial charge on any atom is 0.407 e. The lowest BCUT2D eigenvalue weighted by atomic mass is 10.0. The average Bonchev–Trinajstić information content (AvgIpc) is 2.90. The van der Waals surface area contributed by atoms with Crippen molar-refractivity contribution >= 4 is 46.2 Å². The smallest absolute Gasteiger partial charge is 0.407 e. The van der Waals surface area contributed by atoms with Crippen molar-refractivity contribution in [3.63, 3.8) is 0 Å². The molecule has 0 saturated heterocycles. The number of hydrogen-bond donors (Lipinski definition) is 4. The molecule has 0 bridgehead atoms. The molecule has 0 spiro atoms. The molecule has 212 valence electrons. The number of carbonyl (C=O) groups excluding carboxylic acids is 1. The van der Waals surface area contributed by atoms with Crippen LogP contribution in [0.2, 0.25) is 5.02 Å². The number of carbonyl (C=O) groups is 1. The van der Waals surface area contributed by atoms with Gasteiger partial charge in [0.15, 0.2) is 5.82 Å². The van der Waals surface area contributed by atoms with Crippen LogP contribution in [0.4, 0.5) is 22.4 Å². The Morgan fingerprint density at radius 2 is 1.85 bits per heavy atom. The molecule has 0 aliphatic heterocycles. The summed E-state index contributed by atoms with van der Waals surface area (Å²) in [5, 5.41) is 16.2. The quantitative estimate of drug-likeness (QED) is 0.224. The number of nitriles is 1. The minimum Gasteiger partial charge on any atom is -0.444 e. The van der Waals surface area contributed by atoms with Crippen LogP contribution in [0, 0.1) is 11.3 Å². The number of nitrogen functional groups attached to an aromatic ring is 2. The van der Waals surface area contributed by atoms with Crippen molar-refractivity contribution in [1.82, 2.24) is 24.8 Å². The highest BCUT2D eigenvalue weighted by molar-refractivity contribution is 6.35. The van der Waals surface area contributed by atoms with Crippen molar-refractivity contribution in [2.24, 2.45) is 0 Å². The van der Waals surface area contributed by atoms with Gasteiger partial charge in [-0.05, 0) is 44.9 Å². The van der Waals surface area contributed by atoms with Crippen LogP contribution in [0.5, 0.6) is 0 Å². The lowest BCUT2D eigenvalue weighted by molar-refractivity contribution is 0.0526. The molecule has 2 heterocycles. The number of benzene rings is 2. The first-order valence-electron chi connectivity index (χ1n) is 12.8. The number of ether oxygens (including phenoxy) is 1. The van der Waals surface area contributed by atoms with Gasteiger partial charge in [0.05, 0.1) is 15.9 Å². The number of fused-ring (bicyclic) bond motifs is 1. The van der Waals surface area contributed by atoms with Crippen LogP contribution in [-0.2, 0) is 11.3 Å². The minimum absolute atomic E-state index is 0.000535. The second-order valence-electron chi connectivity index (χ2n) is 10.1. The van der Waals surface area contributed by atoms with E-state index in [9.17, 15) is 14.9 Å². The van der Waals surface area contributed by atoms with Crippen molar-refractivity contribution in [3.8, 4) is 6.07 Å². The predicted molar refractivity (Wildman–Crippen MR) is 157 cm³/mol. The summed E-state index contributed by atoms with van der Waals surface area (Å²) in [5.41, 5.74) is 11.9. The maximum absolute atomic E-state index is 13.9. The van der Waals surface area contributed by atoms with E-state index in [1.807, 2.05) is 36.4 Å².